The molecule has 1 aliphatic carbocycles. The fourth-order valence-electron chi connectivity index (χ4n) is 1.99. The van der Waals surface area contributed by atoms with Crippen molar-refractivity contribution in [1.82, 2.24) is 0 Å². The zero-order valence-electron chi connectivity index (χ0n) is 9.94. The van der Waals surface area contributed by atoms with Crippen LogP contribution in [0.1, 0.15) is 59.3 Å². The van der Waals surface area contributed by atoms with Gasteiger partial charge in [-0.1, -0.05) is 36.4 Å². The van der Waals surface area contributed by atoms with Crippen LogP contribution in [0, 0.1) is 0 Å². The van der Waals surface area contributed by atoms with Gasteiger partial charge in [0.05, 0.1) is 0 Å². The molecule has 1 aliphatic rings. The molecule has 88 valence electrons. The second-order valence-electron chi connectivity index (χ2n) is 4.68. The molecule has 0 aromatic heterocycles. The van der Waals surface area contributed by atoms with E-state index in [1.165, 1.54) is 12.8 Å². The normalized spacial score (nSPS) is 23.5. The first-order valence-corrected chi connectivity index (χ1v) is 6.96. The van der Waals surface area contributed by atoms with Crippen LogP contribution < -0.4 is 0 Å². The highest BCUT2D eigenvalue weighted by Gasteiger charge is 2.40. The van der Waals surface area contributed by atoms with Crippen molar-refractivity contribution in [2.75, 3.05) is 0 Å². The zero-order valence-corrected chi connectivity index (χ0v) is 12.1. The third-order valence-corrected chi connectivity index (χ3v) is 4.76. The number of esters is 1. The van der Waals surface area contributed by atoms with E-state index in [1.54, 1.807) is 0 Å². The van der Waals surface area contributed by atoms with Crippen LogP contribution in [0.2, 0.25) is 0 Å². The maximum absolute atomic E-state index is 12.0. The summed E-state index contributed by atoms with van der Waals surface area (Å²) in [7, 11) is 0. The Morgan fingerprint density at radius 3 is 2.33 bits per heavy atom. The molecule has 1 atom stereocenters. The average Bonchev–Trinajstić information content (AvgIpc) is 2.67. The van der Waals surface area contributed by atoms with Crippen molar-refractivity contribution >= 4 is 28.6 Å². The van der Waals surface area contributed by atoms with Gasteiger partial charge in [0, 0.05) is 0 Å². The van der Waals surface area contributed by atoms with Crippen molar-refractivity contribution < 1.29 is 9.53 Å². The Morgan fingerprint density at radius 2 is 1.93 bits per heavy atom. The molecule has 0 amide bonds. The zero-order chi connectivity index (χ0) is 11.5. The summed E-state index contributed by atoms with van der Waals surface area (Å²) in [6.07, 6.45) is 6.27. The summed E-state index contributed by atoms with van der Waals surface area (Å²) in [6, 6.07) is 0. The fraction of sp³-hybridized carbons (Fsp3) is 0.917. The number of carbonyl (C=O) groups excluding carboxylic acids is 1. The highest BCUT2D eigenvalue weighted by molar-refractivity contribution is 14.1. The summed E-state index contributed by atoms with van der Waals surface area (Å²) in [5.41, 5.74) is -0.140. The largest absolute Gasteiger partial charge is 0.458 e. The molecule has 0 aromatic carbocycles. The third-order valence-electron chi connectivity index (χ3n) is 3.56. The number of alkyl halides is 1. The first-order chi connectivity index (χ1) is 6.96. The molecule has 1 rings (SSSR count). The summed E-state index contributed by atoms with van der Waals surface area (Å²) in [4.78, 5) is 12.0. The molecule has 0 aromatic rings. The Bertz CT molecular complexity index is 230. The molecule has 0 radical (unpaired) electrons. The minimum absolute atomic E-state index is 0.0330. The number of hydrogen-bond acceptors (Lipinski definition) is 2. The predicted octanol–water partition coefficient (Wildman–Crippen LogP) is 3.86. The topological polar surface area (TPSA) is 26.3 Å². The van der Waals surface area contributed by atoms with E-state index in [0.717, 1.165) is 25.7 Å². The van der Waals surface area contributed by atoms with E-state index in [0.29, 0.717) is 0 Å². The van der Waals surface area contributed by atoms with Gasteiger partial charge in [0.25, 0.3) is 0 Å². The van der Waals surface area contributed by atoms with Crippen LogP contribution in [-0.4, -0.2) is 15.0 Å². The first-order valence-electron chi connectivity index (χ1n) is 5.88. The summed E-state index contributed by atoms with van der Waals surface area (Å²) >= 11 is 2.20. The van der Waals surface area contributed by atoms with Crippen LogP contribution in [-0.2, 0) is 9.53 Å². The van der Waals surface area contributed by atoms with Crippen molar-refractivity contribution in [3.8, 4) is 0 Å². The molecule has 2 nitrogen and oxygen atoms in total. The number of carbonyl (C=O) groups is 1. The second kappa shape index (κ2) is 5.02. The maximum atomic E-state index is 12.0. The van der Waals surface area contributed by atoms with E-state index in [2.05, 4.69) is 29.5 Å². The molecule has 0 spiro atoms. The second-order valence-corrected chi connectivity index (χ2v) is 7.07. The van der Waals surface area contributed by atoms with E-state index >= 15 is 0 Å². The molecule has 0 bridgehead atoms. The van der Waals surface area contributed by atoms with Gasteiger partial charge in [-0.2, -0.15) is 0 Å². The van der Waals surface area contributed by atoms with Gasteiger partial charge >= 0.3 is 5.97 Å². The van der Waals surface area contributed by atoms with Gasteiger partial charge in [-0.05, 0) is 45.4 Å². The molecule has 3 heteroatoms. The van der Waals surface area contributed by atoms with E-state index < -0.39 is 0 Å². The van der Waals surface area contributed by atoms with Gasteiger partial charge in [-0.25, -0.2) is 0 Å². The highest BCUT2D eigenvalue weighted by atomic mass is 127. The first kappa shape index (κ1) is 13.3. The summed E-state index contributed by atoms with van der Waals surface area (Å²) in [5, 5.41) is 0. The van der Waals surface area contributed by atoms with Crippen LogP contribution in [0.25, 0.3) is 0 Å². The Balaban J connectivity index is 2.63. The lowest BCUT2D eigenvalue weighted by atomic mass is 9.98. The lowest BCUT2D eigenvalue weighted by Crippen LogP contribution is -2.39. The molecule has 15 heavy (non-hydrogen) atoms. The minimum Gasteiger partial charge on any atom is -0.458 e. The lowest BCUT2D eigenvalue weighted by Gasteiger charge is -2.31. The van der Waals surface area contributed by atoms with E-state index in [1.807, 2.05) is 13.8 Å². The predicted molar refractivity (Wildman–Crippen MR) is 70.3 cm³/mol. The Kier molecular flexibility index (Phi) is 4.44. The number of rotatable bonds is 4. The SMILES string of the molecule is CCC1(OC(=O)C(C)(I)CC)CCCC1. The lowest BCUT2D eigenvalue weighted by molar-refractivity contribution is -0.161. The standard InChI is InChI=1S/C12H21IO2/c1-4-11(3,13)10(14)15-12(5-2)8-6-7-9-12/h4-9H2,1-3H3. The number of hydrogen-bond donors (Lipinski definition) is 0. The summed E-state index contributed by atoms with van der Waals surface area (Å²) in [6.45, 7) is 6.10. The van der Waals surface area contributed by atoms with Crippen LogP contribution in [0.15, 0.2) is 0 Å². The number of halogens is 1. The molecule has 1 unspecified atom stereocenters. The minimum atomic E-state index is -0.359. The molecular weight excluding hydrogens is 303 g/mol. The van der Waals surface area contributed by atoms with E-state index in [4.69, 9.17) is 4.74 Å². The van der Waals surface area contributed by atoms with Crippen molar-refractivity contribution in [3.05, 3.63) is 0 Å². The van der Waals surface area contributed by atoms with Crippen molar-refractivity contribution in [2.24, 2.45) is 0 Å². The van der Waals surface area contributed by atoms with Gasteiger partial charge < -0.3 is 4.74 Å². The van der Waals surface area contributed by atoms with Crippen LogP contribution in [0.3, 0.4) is 0 Å². The van der Waals surface area contributed by atoms with E-state index in [9.17, 15) is 4.79 Å². The Morgan fingerprint density at radius 1 is 1.40 bits per heavy atom. The maximum Gasteiger partial charge on any atom is 0.322 e. The summed E-state index contributed by atoms with van der Waals surface area (Å²) in [5.74, 6) is -0.0330. The molecule has 0 N–H and O–H groups in total. The smallest absolute Gasteiger partial charge is 0.322 e. The molecule has 0 saturated heterocycles. The Hall–Kier alpha value is 0.200. The van der Waals surface area contributed by atoms with Crippen molar-refractivity contribution in [2.45, 2.75) is 68.3 Å². The monoisotopic (exact) mass is 324 g/mol. The van der Waals surface area contributed by atoms with Crippen LogP contribution in [0.5, 0.6) is 0 Å². The third kappa shape index (κ3) is 3.08. The van der Waals surface area contributed by atoms with Gasteiger partial charge in [0.15, 0.2) is 0 Å². The quantitative estimate of drug-likeness (QED) is 0.446. The highest BCUT2D eigenvalue weighted by Crippen LogP contribution is 2.38. The summed E-state index contributed by atoms with van der Waals surface area (Å²) < 4.78 is 5.40. The van der Waals surface area contributed by atoms with Crippen molar-refractivity contribution in [3.63, 3.8) is 0 Å². The van der Waals surface area contributed by atoms with Crippen LogP contribution in [0.4, 0.5) is 0 Å². The average molecular weight is 324 g/mol. The fourth-order valence-corrected chi connectivity index (χ4v) is 2.10. The van der Waals surface area contributed by atoms with Gasteiger partial charge in [0.1, 0.15) is 9.02 Å². The molecule has 1 fully saturated rings. The van der Waals surface area contributed by atoms with Gasteiger partial charge in [0.2, 0.25) is 0 Å². The van der Waals surface area contributed by atoms with Gasteiger partial charge in [-0.3, -0.25) is 4.79 Å². The van der Waals surface area contributed by atoms with Crippen molar-refractivity contribution in [1.29, 1.82) is 0 Å². The molecule has 0 aliphatic heterocycles. The molecule has 1 saturated carbocycles. The Labute approximate surface area is 106 Å². The molecular formula is C12H21IO2. The van der Waals surface area contributed by atoms with E-state index in [-0.39, 0.29) is 15.0 Å². The molecule has 0 heterocycles. The van der Waals surface area contributed by atoms with Crippen LogP contribution >= 0.6 is 22.6 Å². The van der Waals surface area contributed by atoms with Gasteiger partial charge in [-0.15, -0.1) is 0 Å². The number of ether oxygens (including phenoxy) is 1.